The van der Waals surface area contributed by atoms with Crippen LogP contribution in [-0.4, -0.2) is 17.9 Å². The smallest absolute Gasteiger partial charge is 0.338 e. The van der Waals surface area contributed by atoms with Gasteiger partial charge >= 0.3 is 5.97 Å². The van der Waals surface area contributed by atoms with Crippen molar-refractivity contribution in [3.05, 3.63) is 47.8 Å². The van der Waals surface area contributed by atoms with E-state index in [0.29, 0.717) is 29.2 Å². The molecule has 86 valence electrons. The second-order valence-corrected chi connectivity index (χ2v) is 3.94. The van der Waals surface area contributed by atoms with Gasteiger partial charge in [0, 0.05) is 5.33 Å². The zero-order valence-corrected chi connectivity index (χ0v) is 10.2. The first-order valence-corrected chi connectivity index (χ1v) is 5.96. The van der Waals surface area contributed by atoms with Gasteiger partial charge in [0.1, 0.15) is 6.61 Å². The van der Waals surface area contributed by atoms with Crippen LogP contribution in [-0.2, 0) is 4.74 Å². The Labute approximate surface area is 102 Å². The minimum absolute atomic E-state index is 0.00414. The van der Waals surface area contributed by atoms with E-state index < -0.39 is 5.97 Å². The van der Waals surface area contributed by atoms with E-state index in [-0.39, 0.29) is 6.61 Å². The molecule has 1 aromatic carbocycles. The number of ether oxygens (including phenoxy) is 1. The normalized spacial score (nSPS) is 11.2. The number of alkyl halides is 1. The molecule has 0 aromatic heterocycles. The lowest BCUT2D eigenvalue weighted by atomic mass is 10.2. The summed E-state index contributed by atoms with van der Waals surface area (Å²) in [5, 5.41) is 0.644. The fourth-order valence-corrected chi connectivity index (χ4v) is 1.60. The van der Waals surface area contributed by atoms with Crippen LogP contribution in [0.5, 0.6) is 0 Å². The Morgan fingerprint density at radius 1 is 1.38 bits per heavy atom. The van der Waals surface area contributed by atoms with Gasteiger partial charge in [-0.15, -0.1) is 0 Å². The van der Waals surface area contributed by atoms with Crippen LogP contribution in [0.2, 0.25) is 0 Å². The van der Waals surface area contributed by atoms with Gasteiger partial charge in [-0.3, -0.25) is 0 Å². The summed E-state index contributed by atoms with van der Waals surface area (Å²) in [6.45, 7) is -0.00414. The van der Waals surface area contributed by atoms with E-state index in [1.165, 1.54) is 0 Å². The summed E-state index contributed by atoms with van der Waals surface area (Å²) in [6, 6.07) is 8.63. The highest BCUT2D eigenvalue weighted by molar-refractivity contribution is 9.09. The van der Waals surface area contributed by atoms with Gasteiger partial charge in [-0.05, 0) is 24.1 Å². The average molecular weight is 287 g/mol. The number of hydrogen-bond donors (Lipinski definition) is 0. The standard InChI is InChI=1S/C12H12BrFO2/c13-7-6-10(8-14)9-16-12(15)11-4-2-1-3-5-11/h1-5,8H,6-7,9H2/b10-8-. The van der Waals surface area contributed by atoms with Gasteiger partial charge in [-0.25, -0.2) is 9.18 Å². The maximum absolute atomic E-state index is 12.3. The van der Waals surface area contributed by atoms with E-state index in [2.05, 4.69) is 15.9 Å². The zero-order chi connectivity index (χ0) is 11.8. The summed E-state index contributed by atoms with van der Waals surface area (Å²) in [5.74, 6) is -0.436. The van der Waals surface area contributed by atoms with Crippen LogP contribution in [0.15, 0.2) is 42.2 Å². The largest absolute Gasteiger partial charge is 0.457 e. The van der Waals surface area contributed by atoms with Crippen LogP contribution in [0.25, 0.3) is 0 Å². The molecule has 0 heterocycles. The summed E-state index contributed by atoms with van der Waals surface area (Å²) in [7, 11) is 0. The fourth-order valence-electron chi connectivity index (χ4n) is 1.10. The van der Waals surface area contributed by atoms with Crippen molar-refractivity contribution >= 4 is 21.9 Å². The first kappa shape index (κ1) is 12.9. The molecule has 4 heteroatoms. The molecule has 0 unspecified atom stereocenters. The number of benzene rings is 1. The molecule has 0 radical (unpaired) electrons. The molecule has 0 saturated carbocycles. The Kier molecular flexibility index (Phi) is 5.78. The molecule has 0 aliphatic heterocycles. The van der Waals surface area contributed by atoms with E-state index in [9.17, 15) is 9.18 Å². The molecule has 16 heavy (non-hydrogen) atoms. The van der Waals surface area contributed by atoms with Gasteiger partial charge in [0.2, 0.25) is 0 Å². The molecule has 0 spiro atoms. The first-order valence-electron chi connectivity index (χ1n) is 4.84. The molecule has 0 aliphatic rings. The third kappa shape index (κ3) is 4.14. The third-order valence-corrected chi connectivity index (χ3v) is 2.36. The number of halogens is 2. The summed E-state index contributed by atoms with van der Waals surface area (Å²) in [5.41, 5.74) is 0.931. The maximum Gasteiger partial charge on any atom is 0.338 e. The molecule has 0 amide bonds. The topological polar surface area (TPSA) is 26.3 Å². The number of hydrogen-bond acceptors (Lipinski definition) is 2. The van der Waals surface area contributed by atoms with Crippen molar-refractivity contribution in [2.75, 3.05) is 11.9 Å². The van der Waals surface area contributed by atoms with Crippen LogP contribution in [0.4, 0.5) is 4.39 Å². The van der Waals surface area contributed by atoms with Crippen molar-refractivity contribution in [1.29, 1.82) is 0 Å². The van der Waals surface area contributed by atoms with Crippen LogP contribution >= 0.6 is 15.9 Å². The van der Waals surface area contributed by atoms with Crippen molar-refractivity contribution in [2.45, 2.75) is 6.42 Å². The van der Waals surface area contributed by atoms with Crippen LogP contribution < -0.4 is 0 Å². The Bertz CT molecular complexity index is 363. The van der Waals surface area contributed by atoms with Crippen molar-refractivity contribution in [1.82, 2.24) is 0 Å². The SMILES string of the molecule is O=C(OC/C(=C\F)CCBr)c1ccccc1. The molecule has 0 aliphatic carbocycles. The molecule has 2 nitrogen and oxygen atoms in total. The Morgan fingerprint density at radius 3 is 2.62 bits per heavy atom. The van der Waals surface area contributed by atoms with Gasteiger partial charge in [0.15, 0.2) is 0 Å². The van der Waals surface area contributed by atoms with Crippen molar-refractivity contribution < 1.29 is 13.9 Å². The molecule has 0 N–H and O–H groups in total. The van der Waals surface area contributed by atoms with Gasteiger partial charge in [-0.1, -0.05) is 34.1 Å². The molecule has 1 aromatic rings. The van der Waals surface area contributed by atoms with Crippen molar-refractivity contribution in [3.8, 4) is 0 Å². The molecule has 1 rings (SSSR count). The summed E-state index contributed by atoms with van der Waals surface area (Å²) >= 11 is 3.19. The fraction of sp³-hybridized carbons (Fsp3) is 0.250. The van der Waals surface area contributed by atoms with Crippen LogP contribution in [0.3, 0.4) is 0 Å². The Hall–Kier alpha value is -1.16. The Morgan fingerprint density at radius 2 is 2.06 bits per heavy atom. The number of carbonyl (C=O) groups is 1. The lowest BCUT2D eigenvalue weighted by molar-refractivity contribution is 0.0537. The quantitative estimate of drug-likeness (QED) is 0.612. The number of rotatable bonds is 5. The first-order chi connectivity index (χ1) is 7.77. The number of carbonyl (C=O) groups excluding carboxylic acids is 1. The monoisotopic (exact) mass is 286 g/mol. The van der Waals surface area contributed by atoms with Gasteiger partial charge in [-0.2, -0.15) is 0 Å². The minimum Gasteiger partial charge on any atom is -0.457 e. The Balaban J connectivity index is 2.47. The molecule has 0 atom stereocenters. The third-order valence-electron chi connectivity index (χ3n) is 1.97. The molecule has 0 bridgehead atoms. The second kappa shape index (κ2) is 7.17. The van der Waals surface area contributed by atoms with E-state index >= 15 is 0 Å². The van der Waals surface area contributed by atoms with Gasteiger partial charge < -0.3 is 4.74 Å². The maximum atomic E-state index is 12.3. The van der Waals surface area contributed by atoms with Gasteiger partial charge in [0.05, 0.1) is 11.9 Å². The van der Waals surface area contributed by atoms with E-state index in [4.69, 9.17) is 4.74 Å². The summed E-state index contributed by atoms with van der Waals surface area (Å²) in [6.07, 6.45) is 1.01. The van der Waals surface area contributed by atoms with Crippen LogP contribution in [0.1, 0.15) is 16.8 Å². The van der Waals surface area contributed by atoms with Crippen molar-refractivity contribution in [3.63, 3.8) is 0 Å². The highest BCUT2D eigenvalue weighted by atomic mass is 79.9. The predicted molar refractivity (Wildman–Crippen MR) is 64.3 cm³/mol. The molecule has 0 fully saturated rings. The molecular formula is C12H12BrFO2. The summed E-state index contributed by atoms with van der Waals surface area (Å²) in [4.78, 5) is 11.5. The molecular weight excluding hydrogens is 275 g/mol. The minimum atomic E-state index is -0.436. The summed E-state index contributed by atoms with van der Waals surface area (Å²) < 4.78 is 17.3. The van der Waals surface area contributed by atoms with E-state index in [1.54, 1.807) is 24.3 Å². The van der Waals surface area contributed by atoms with Gasteiger partial charge in [0.25, 0.3) is 0 Å². The highest BCUT2D eigenvalue weighted by Crippen LogP contribution is 2.07. The number of esters is 1. The zero-order valence-electron chi connectivity index (χ0n) is 8.66. The average Bonchev–Trinajstić information content (AvgIpc) is 2.35. The van der Waals surface area contributed by atoms with E-state index in [0.717, 1.165) is 0 Å². The molecule has 0 saturated heterocycles. The predicted octanol–water partition coefficient (Wildman–Crippen LogP) is 3.48. The lowest BCUT2D eigenvalue weighted by Crippen LogP contribution is -2.08. The van der Waals surface area contributed by atoms with Crippen molar-refractivity contribution in [2.24, 2.45) is 0 Å². The lowest BCUT2D eigenvalue weighted by Gasteiger charge is -2.06. The highest BCUT2D eigenvalue weighted by Gasteiger charge is 2.07. The van der Waals surface area contributed by atoms with E-state index in [1.807, 2.05) is 6.07 Å². The van der Waals surface area contributed by atoms with Crippen LogP contribution in [0, 0.1) is 0 Å². The second-order valence-electron chi connectivity index (χ2n) is 3.15.